The first-order chi connectivity index (χ1) is 11.8. The second-order valence-corrected chi connectivity index (χ2v) is 7.81. The molecule has 1 aromatic heterocycles. The van der Waals surface area contributed by atoms with E-state index in [2.05, 4.69) is 21.9 Å². The van der Waals surface area contributed by atoms with Gasteiger partial charge in [-0.15, -0.1) is 0 Å². The van der Waals surface area contributed by atoms with Crippen molar-refractivity contribution in [2.75, 3.05) is 19.6 Å². The molecule has 3 aliphatic heterocycles. The van der Waals surface area contributed by atoms with Gasteiger partial charge in [0.25, 0.3) is 0 Å². The van der Waals surface area contributed by atoms with Gasteiger partial charge in [0.1, 0.15) is 11.3 Å². The number of carbonyl (C=O) groups is 1. The molecule has 0 unspecified atom stereocenters. The molecule has 2 aromatic rings. The summed E-state index contributed by atoms with van der Waals surface area (Å²) in [5, 5.41) is 1.16. The molecule has 24 heavy (non-hydrogen) atoms. The Morgan fingerprint density at radius 1 is 1.08 bits per heavy atom. The van der Waals surface area contributed by atoms with Crippen LogP contribution in [0.25, 0.3) is 11.0 Å². The van der Waals surface area contributed by atoms with Crippen molar-refractivity contribution in [1.82, 2.24) is 9.80 Å². The second kappa shape index (κ2) is 5.62. The molecule has 4 nitrogen and oxygen atoms in total. The first kappa shape index (κ1) is 14.5. The van der Waals surface area contributed by atoms with Crippen LogP contribution in [0.1, 0.15) is 31.4 Å². The van der Waals surface area contributed by atoms with Gasteiger partial charge in [0, 0.05) is 31.1 Å². The van der Waals surface area contributed by atoms with Crippen LogP contribution in [0.5, 0.6) is 0 Å². The van der Waals surface area contributed by atoms with Gasteiger partial charge in [0.05, 0.1) is 12.5 Å². The molecule has 0 N–H and O–H groups in total. The Kier molecular flexibility index (Phi) is 3.40. The fourth-order valence-corrected chi connectivity index (χ4v) is 4.41. The van der Waals surface area contributed by atoms with E-state index in [9.17, 15) is 4.79 Å². The quantitative estimate of drug-likeness (QED) is 0.866. The van der Waals surface area contributed by atoms with Crippen LogP contribution in [0, 0.1) is 11.8 Å². The highest BCUT2D eigenvalue weighted by Crippen LogP contribution is 2.36. The third-order valence-electron chi connectivity index (χ3n) is 5.88. The first-order valence-corrected chi connectivity index (χ1v) is 9.26. The van der Waals surface area contributed by atoms with E-state index in [0.717, 1.165) is 55.2 Å². The molecule has 1 amide bonds. The Labute approximate surface area is 142 Å². The third-order valence-corrected chi connectivity index (χ3v) is 5.88. The molecule has 4 fully saturated rings. The van der Waals surface area contributed by atoms with Crippen LogP contribution >= 0.6 is 0 Å². The first-order valence-electron chi connectivity index (χ1n) is 9.26. The molecule has 4 aliphatic rings. The van der Waals surface area contributed by atoms with E-state index < -0.39 is 0 Å². The highest BCUT2D eigenvalue weighted by molar-refractivity contribution is 5.80. The fraction of sp³-hybridized carbons (Fsp3) is 0.550. The summed E-state index contributed by atoms with van der Waals surface area (Å²) in [4.78, 5) is 17.4. The zero-order chi connectivity index (χ0) is 16.1. The van der Waals surface area contributed by atoms with Gasteiger partial charge in [-0.2, -0.15) is 0 Å². The molecule has 1 aromatic carbocycles. The largest absolute Gasteiger partial charge is 0.460 e. The molecule has 0 spiro atoms. The molecule has 3 saturated heterocycles. The minimum Gasteiger partial charge on any atom is -0.460 e. The van der Waals surface area contributed by atoms with E-state index in [0.29, 0.717) is 11.9 Å². The van der Waals surface area contributed by atoms with E-state index >= 15 is 0 Å². The average molecular weight is 324 g/mol. The lowest BCUT2D eigenvalue weighted by Crippen LogP contribution is -2.48. The number of piperidine rings is 1. The Hall–Kier alpha value is -1.81. The summed E-state index contributed by atoms with van der Waals surface area (Å²) >= 11 is 0. The van der Waals surface area contributed by atoms with E-state index in [-0.39, 0.29) is 5.92 Å². The zero-order valence-corrected chi connectivity index (χ0v) is 14.0. The van der Waals surface area contributed by atoms with E-state index in [1.807, 2.05) is 18.2 Å². The molecule has 126 valence electrons. The number of amides is 1. The molecule has 1 saturated carbocycles. The summed E-state index contributed by atoms with van der Waals surface area (Å²) in [6.07, 6.45) is 4.84. The summed E-state index contributed by atoms with van der Waals surface area (Å²) in [6.45, 7) is 3.68. The number of hydrogen-bond donors (Lipinski definition) is 0. The Morgan fingerprint density at radius 3 is 2.79 bits per heavy atom. The van der Waals surface area contributed by atoms with Crippen molar-refractivity contribution in [1.29, 1.82) is 0 Å². The smallest absolute Gasteiger partial charge is 0.227 e. The van der Waals surface area contributed by atoms with Crippen molar-refractivity contribution in [3.63, 3.8) is 0 Å². The summed E-state index contributed by atoms with van der Waals surface area (Å²) in [5.74, 6) is 2.38. The van der Waals surface area contributed by atoms with E-state index in [4.69, 9.17) is 4.42 Å². The fourth-order valence-electron chi connectivity index (χ4n) is 4.41. The standard InChI is InChI=1S/C20H24N2O2/c23-20-16-7-8-17(22(20)10-14-5-6-14)12-21(11-16)13-18-9-15-3-1-2-4-19(15)24-18/h1-4,9,14,16-17H,5-8,10-13H2/t16-,17+/m0/s1. The maximum absolute atomic E-state index is 12.8. The summed E-state index contributed by atoms with van der Waals surface area (Å²) in [5.41, 5.74) is 0.955. The van der Waals surface area contributed by atoms with Gasteiger partial charge in [-0.1, -0.05) is 18.2 Å². The van der Waals surface area contributed by atoms with Gasteiger partial charge in [-0.05, 0) is 43.7 Å². The van der Waals surface area contributed by atoms with E-state index in [1.54, 1.807) is 0 Å². The van der Waals surface area contributed by atoms with E-state index in [1.165, 1.54) is 19.3 Å². The van der Waals surface area contributed by atoms with Crippen molar-refractivity contribution in [3.05, 3.63) is 36.1 Å². The summed E-state index contributed by atoms with van der Waals surface area (Å²) in [7, 11) is 0. The normalized spacial score (nSPS) is 27.8. The third kappa shape index (κ3) is 2.63. The van der Waals surface area contributed by atoms with Crippen molar-refractivity contribution in [2.45, 2.75) is 38.3 Å². The average Bonchev–Trinajstić information content (AvgIpc) is 3.34. The number of benzene rings is 1. The minimum atomic E-state index is 0.187. The Morgan fingerprint density at radius 2 is 1.96 bits per heavy atom. The predicted octanol–water partition coefficient (Wildman–Crippen LogP) is 3.27. The van der Waals surface area contributed by atoms with Gasteiger partial charge < -0.3 is 9.32 Å². The van der Waals surface area contributed by atoms with Crippen LogP contribution in [-0.4, -0.2) is 41.4 Å². The molecular weight excluding hydrogens is 300 g/mol. The van der Waals surface area contributed by atoms with Crippen LogP contribution in [0.4, 0.5) is 0 Å². The highest BCUT2D eigenvalue weighted by Gasteiger charge is 2.42. The zero-order valence-electron chi connectivity index (χ0n) is 14.0. The van der Waals surface area contributed by atoms with Crippen LogP contribution in [0.15, 0.2) is 34.7 Å². The maximum Gasteiger partial charge on any atom is 0.227 e. The lowest BCUT2D eigenvalue weighted by atomic mass is 9.94. The van der Waals surface area contributed by atoms with Crippen LogP contribution < -0.4 is 0 Å². The summed E-state index contributed by atoms with van der Waals surface area (Å²) in [6, 6.07) is 10.7. The molecular formula is C20H24N2O2. The van der Waals surface area contributed by atoms with Crippen LogP contribution in [0.3, 0.4) is 0 Å². The van der Waals surface area contributed by atoms with Crippen LogP contribution in [0.2, 0.25) is 0 Å². The van der Waals surface area contributed by atoms with Gasteiger partial charge >= 0.3 is 0 Å². The van der Waals surface area contributed by atoms with Crippen molar-refractivity contribution < 1.29 is 9.21 Å². The van der Waals surface area contributed by atoms with Gasteiger partial charge in [-0.25, -0.2) is 0 Å². The van der Waals surface area contributed by atoms with Crippen molar-refractivity contribution in [3.8, 4) is 0 Å². The lowest BCUT2D eigenvalue weighted by molar-refractivity contribution is -0.140. The van der Waals surface area contributed by atoms with Gasteiger partial charge in [0.15, 0.2) is 0 Å². The lowest BCUT2D eigenvalue weighted by Gasteiger charge is -2.36. The molecule has 6 rings (SSSR count). The molecule has 1 aliphatic carbocycles. The number of carbonyl (C=O) groups excluding carboxylic acids is 1. The SMILES string of the molecule is O=C1[C@H]2CC[C@H](CN(Cc3cc4ccccc4o3)C2)N1CC1CC1. The number of hydrogen-bond acceptors (Lipinski definition) is 3. The predicted molar refractivity (Wildman–Crippen MR) is 92.4 cm³/mol. The number of para-hydroxylation sites is 1. The number of nitrogens with zero attached hydrogens (tertiary/aromatic N) is 2. The Bertz CT molecular complexity index is 731. The topological polar surface area (TPSA) is 36.7 Å². The molecule has 4 heterocycles. The highest BCUT2D eigenvalue weighted by atomic mass is 16.3. The number of furan rings is 1. The minimum absolute atomic E-state index is 0.187. The molecule has 4 heteroatoms. The number of rotatable bonds is 4. The molecule has 0 radical (unpaired) electrons. The van der Waals surface area contributed by atoms with Gasteiger partial charge in [-0.3, -0.25) is 9.69 Å². The van der Waals surface area contributed by atoms with Crippen molar-refractivity contribution in [2.24, 2.45) is 11.8 Å². The van der Waals surface area contributed by atoms with Crippen molar-refractivity contribution >= 4 is 16.9 Å². The Balaban J connectivity index is 1.34. The number of fused-ring (bicyclic) bond motifs is 5. The van der Waals surface area contributed by atoms with Crippen LogP contribution in [-0.2, 0) is 11.3 Å². The maximum atomic E-state index is 12.8. The monoisotopic (exact) mass is 324 g/mol. The second-order valence-electron chi connectivity index (χ2n) is 7.81. The summed E-state index contributed by atoms with van der Waals surface area (Å²) < 4.78 is 5.99. The van der Waals surface area contributed by atoms with Gasteiger partial charge in [0.2, 0.25) is 5.91 Å². The molecule has 2 atom stereocenters. The molecule has 2 bridgehead atoms.